The largest absolute Gasteiger partial charge is 0.339 e. The van der Waals surface area contributed by atoms with E-state index in [1.54, 1.807) is 36.4 Å². The number of nitrogens with one attached hydrogen (secondary N) is 2. The van der Waals surface area contributed by atoms with Gasteiger partial charge < -0.3 is 10.6 Å². The smallest absolute Gasteiger partial charge is 0.276 e. The number of carbonyl (C=O) groups excluding carboxylic acids is 1. The molecule has 0 unspecified atom stereocenters. The molecule has 0 fully saturated rings. The second kappa shape index (κ2) is 7.23. The lowest BCUT2D eigenvalue weighted by molar-refractivity contribution is 0.102. The van der Waals surface area contributed by atoms with E-state index in [-0.39, 0.29) is 11.6 Å². The van der Waals surface area contributed by atoms with E-state index in [1.807, 2.05) is 37.3 Å². The highest BCUT2D eigenvalue weighted by Gasteiger charge is 2.09. The molecule has 25 heavy (non-hydrogen) atoms. The van der Waals surface area contributed by atoms with Crippen LogP contribution in [0.2, 0.25) is 0 Å². The molecule has 1 amide bonds. The lowest BCUT2D eigenvalue weighted by Gasteiger charge is -2.07. The average molecular weight is 329 g/mol. The molecule has 1 aromatic heterocycles. The summed E-state index contributed by atoms with van der Waals surface area (Å²) in [5.41, 5.74) is 3.37. The van der Waals surface area contributed by atoms with E-state index in [4.69, 9.17) is 5.26 Å². The molecule has 122 valence electrons. The zero-order valence-electron chi connectivity index (χ0n) is 13.5. The van der Waals surface area contributed by atoms with Crippen LogP contribution in [0.25, 0.3) is 0 Å². The Hall–Kier alpha value is -3.72. The molecule has 1 heterocycles. The summed E-state index contributed by atoms with van der Waals surface area (Å²) in [6.45, 7) is 2.01. The highest BCUT2D eigenvalue weighted by atomic mass is 16.1. The minimum atomic E-state index is -0.362. The normalized spacial score (nSPS) is 9.92. The van der Waals surface area contributed by atoms with Gasteiger partial charge in [0.1, 0.15) is 0 Å². The van der Waals surface area contributed by atoms with Crippen LogP contribution in [0.3, 0.4) is 0 Å². The molecule has 0 radical (unpaired) electrons. The summed E-state index contributed by atoms with van der Waals surface area (Å²) in [7, 11) is 0. The fourth-order valence-corrected chi connectivity index (χ4v) is 2.21. The predicted molar refractivity (Wildman–Crippen MR) is 95.6 cm³/mol. The van der Waals surface area contributed by atoms with Crippen molar-refractivity contribution in [3.8, 4) is 6.07 Å². The van der Waals surface area contributed by atoms with Gasteiger partial charge in [-0.1, -0.05) is 12.1 Å². The van der Waals surface area contributed by atoms with Crippen molar-refractivity contribution in [3.63, 3.8) is 0 Å². The third-order valence-electron chi connectivity index (χ3n) is 3.46. The van der Waals surface area contributed by atoms with Crippen LogP contribution >= 0.6 is 0 Å². The molecule has 0 spiro atoms. The van der Waals surface area contributed by atoms with Crippen LogP contribution in [-0.2, 0) is 0 Å². The van der Waals surface area contributed by atoms with Gasteiger partial charge in [0.25, 0.3) is 5.91 Å². The molecule has 0 saturated carbocycles. The zero-order valence-corrected chi connectivity index (χ0v) is 13.5. The summed E-state index contributed by atoms with van der Waals surface area (Å²) in [6, 6.07) is 19.8. The number of carbonyl (C=O) groups is 1. The lowest BCUT2D eigenvalue weighted by atomic mass is 10.2. The molecule has 0 bridgehead atoms. The third-order valence-corrected chi connectivity index (χ3v) is 3.46. The van der Waals surface area contributed by atoms with E-state index in [0.717, 1.165) is 11.3 Å². The van der Waals surface area contributed by atoms with Crippen molar-refractivity contribution in [1.82, 2.24) is 10.2 Å². The number of hydrogen-bond donors (Lipinski definition) is 2. The Balaban J connectivity index is 1.66. The Kier molecular flexibility index (Phi) is 4.67. The first-order valence-electron chi connectivity index (χ1n) is 7.63. The number of aryl methyl sites for hydroxylation is 1. The van der Waals surface area contributed by atoms with E-state index < -0.39 is 0 Å². The van der Waals surface area contributed by atoms with Gasteiger partial charge in [-0.2, -0.15) is 5.26 Å². The second-order valence-corrected chi connectivity index (χ2v) is 5.44. The van der Waals surface area contributed by atoms with Gasteiger partial charge in [0.05, 0.1) is 11.6 Å². The van der Waals surface area contributed by atoms with Crippen molar-refractivity contribution in [1.29, 1.82) is 5.26 Å². The van der Waals surface area contributed by atoms with E-state index in [9.17, 15) is 4.79 Å². The standard InChI is InChI=1S/C19H15N5O/c1-13-3-2-4-16(11-13)21-18-10-9-17(23-24-18)19(25)22-15-7-5-14(12-20)6-8-15/h2-11H,1H3,(H,21,24)(H,22,25). The maximum atomic E-state index is 12.2. The topological polar surface area (TPSA) is 90.7 Å². The van der Waals surface area contributed by atoms with Gasteiger partial charge in [-0.25, -0.2) is 0 Å². The van der Waals surface area contributed by atoms with Gasteiger partial charge in [-0.3, -0.25) is 4.79 Å². The highest BCUT2D eigenvalue weighted by Crippen LogP contribution is 2.15. The lowest BCUT2D eigenvalue weighted by Crippen LogP contribution is -2.14. The van der Waals surface area contributed by atoms with Crippen LogP contribution in [0, 0.1) is 18.3 Å². The van der Waals surface area contributed by atoms with E-state index in [2.05, 4.69) is 20.8 Å². The average Bonchev–Trinajstić information content (AvgIpc) is 2.63. The van der Waals surface area contributed by atoms with Crippen molar-refractivity contribution in [2.45, 2.75) is 6.92 Å². The minimum absolute atomic E-state index is 0.208. The quantitative estimate of drug-likeness (QED) is 0.762. The maximum Gasteiger partial charge on any atom is 0.276 e. The number of nitrogens with zero attached hydrogens (tertiary/aromatic N) is 3. The molecule has 0 aliphatic rings. The van der Waals surface area contributed by atoms with E-state index in [1.165, 1.54) is 0 Å². The number of amides is 1. The minimum Gasteiger partial charge on any atom is -0.339 e. The molecule has 6 nitrogen and oxygen atoms in total. The molecule has 2 aromatic carbocycles. The molecule has 0 aliphatic carbocycles. The second-order valence-electron chi connectivity index (χ2n) is 5.44. The zero-order chi connectivity index (χ0) is 17.6. The van der Waals surface area contributed by atoms with Gasteiger partial charge >= 0.3 is 0 Å². The van der Waals surface area contributed by atoms with Crippen molar-refractivity contribution < 1.29 is 4.79 Å². The van der Waals surface area contributed by atoms with Crippen LogP contribution in [0.1, 0.15) is 21.6 Å². The Labute approximate surface area is 145 Å². The number of aromatic nitrogens is 2. The molecule has 6 heteroatoms. The Bertz CT molecular complexity index is 927. The van der Waals surface area contributed by atoms with Crippen LogP contribution in [0.15, 0.2) is 60.7 Å². The number of rotatable bonds is 4. The van der Waals surface area contributed by atoms with Crippen LogP contribution in [0.4, 0.5) is 17.2 Å². The molecular weight excluding hydrogens is 314 g/mol. The van der Waals surface area contributed by atoms with E-state index in [0.29, 0.717) is 17.1 Å². The van der Waals surface area contributed by atoms with Gasteiger partial charge in [0.15, 0.2) is 11.5 Å². The van der Waals surface area contributed by atoms with Gasteiger partial charge in [-0.15, -0.1) is 10.2 Å². The Morgan fingerprint density at radius 1 is 1.00 bits per heavy atom. The number of hydrogen-bond acceptors (Lipinski definition) is 5. The molecule has 0 atom stereocenters. The monoisotopic (exact) mass is 329 g/mol. The SMILES string of the molecule is Cc1cccc(Nc2ccc(C(=O)Nc3ccc(C#N)cc3)nn2)c1. The fourth-order valence-electron chi connectivity index (χ4n) is 2.21. The van der Waals surface area contributed by atoms with Crippen LogP contribution < -0.4 is 10.6 Å². The van der Waals surface area contributed by atoms with E-state index >= 15 is 0 Å². The van der Waals surface area contributed by atoms with Gasteiger partial charge in [0.2, 0.25) is 0 Å². The number of nitriles is 1. The van der Waals surface area contributed by atoms with Crippen LogP contribution in [0.5, 0.6) is 0 Å². The maximum absolute atomic E-state index is 12.2. The molecule has 0 saturated heterocycles. The summed E-state index contributed by atoms with van der Waals surface area (Å²) in [4.78, 5) is 12.2. The van der Waals surface area contributed by atoms with Crippen molar-refractivity contribution in [2.24, 2.45) is 0 Å². The number of anilines is 3. The van der Waals surface area contributed by atoms with Crippen molar-refractivity contribution in [2.75, 3.05) is 10.6 Å². The Morgan fingerprint density at radius 2 is 1.80 bits per heavy atom. The van der Waals surface area contributed by atoms with Gasteiger partial charge in [0, 0.05) is 11.4 Å². The van der Waals surface area contributed by atoms with Crippen LogP contribution in [-0.4, -0.2) is 16.1 Å². The predicted octanol–water partition coefficient (Wildman–Crippen LogP) is 3.65. The summed E-state index contributed by atoms with van der Waals surface area (Å²) >= 11 is 0. The third kappa shape index (κ3) is 4.18. The summed E-state index contributed by atoms with van der Waals surface area (Å²) in [6.07, 6.45) is 0. The number of benzene rings is 2. The Morgan fingerprint density at radius 3 is 2.44 bits per heavy atom. The molecule has 3 rings (SSSR count). The first kappa shape index (κ1) is 16.1. The van der Waals surface area contributed by atoms with Crippen molar-refractivity contribution >= 4 is 23.1 Å². The first-order valence-corrected chi connectivity index (χ1v) is 7.63. The molecule has 0 aliphatic heterocycles. The summed E-state index contributed by atoms with van der Waals surface area (Å²) in [5, 5.41) is 22.6. The molecular formula is C19H15N5O. The first-order chi connectivity index (χ1) is 12.1. The fraction of sp³-hybridized carbons (Fsp3) is 0.0526. The molecule has 3 aromatic rings. The summed E-state index contributed by atoms with van der Waals surface area (Å²) in [5.74, 6) is 0.194. The van der Waals surface area contributed by atoms with Gasteiger partial charge in [-0.05, 0) is 61.0 Å². The highest BCUT2D eigenvalue weighted by molar-refractivity contribution is 6.02. The molecule has 2 N–H and O–H groups in total. The van der Waals surface area contributed by atoms with Crippen molar-refractivity contribution in [3.05, 3.63) is 77.5 Å². The summed E-state index contributed by atoms with van der Waals surface area (Å²) < 4.78 is 0.